The fourth-order valence-corrected chi connectivity index (χ4v) is 4.97. The Morgan fingerprint density at radius 2 is 1.62 bits per heavy atom. The number of carbonyl (C=O) groups excluding carboxylic acids is 1. The largest absolute Gasteiger partial charge is 0.423 e. The first kappa shape index (κ1) is 23.1. The number of carbonyl (C=O) groups is 1. The molecule has 2 aromatic heterocycles. The smallest absolute Gasteiger partial charge is 0.253 e. The number of piperazine rings is 1. The fourth-order valence-electron chi connectivity index (χ4n) is 4.97. The Morgan fingerprint density at radius 3 is 2.41 bits per heavy atom. The Morgan fingerprint density at radius 1 is 0.838 bits per heavy atom. The van der Waals surface area contributed by atoms with Crippen molar-refractivity contribution >= 4 is 16.8 Å². The topological polar surface area (TPSA) is 75.4 Å². The summed E-state index contributed by atoms with van der Waals surface area (Å²) >= 11 is 0. The van der Waals surface area contributed by atoms with Crippen molar-refractivity contribution in [2.75, 3.05) is 26.2 Å². The summed E-state index contributed by atoms with van der Waals surface area (Å²) in [6.07, 6.45) is 0. The normalized spacial score (nSPS) is 15.1. The molecule has 0 saturated carbocycles. The lowest BCUT2D eigenvalue weighted by Crippen LogP contribution is -2.50. The van der Waals surface area contributed by atoms with E-state index in [2.05, 4.69) is 33.3 Å². The van der Waals surface area contributed by atoms with Gasteiger partial charge >= 0.3 is 0 Å². The van der Waals surface area contributed by atoms with Crippen molar-refractivity contribution in [2.45, 2.75) is 13.0 Å². The van der Waals surface area contributed by atoms with E-state index in [1.165, 1.54) is 0 Å². The third kappa shape index (κ3) is 4.73. The number of benzene rings is 3. The van der Waals surface area contributed by atoms with Gasteiger partial charge in [-0.15, -0.1) is 10.2 Å². The second kappa shape index (κ2) is 9.95. The molecule has 0 aliphatic carbocycles. The number of rotatable bonds is 5. The summed E-state index contributed by atoms with van der Waals surface area (Å²) in [5.41, 5.74) is 4.51. The maximum atomic E-state index is 13.5. The van der Waals surface area contributed by atoms with Gasteiger partial charge in [-0.2, -0.15) is 0 Å². The SMILES string of the molecule is Cc1nnc([C@@H](c2ccccc2)N2CCN(C(=O)c3cccc(-c4ccc5ccccc5n4)c3)CC2)o1. The molecule has 3 aromatic carbocycles. The monoisotopic (exact) mass is 489 g/mol. The molecule has 0 radical (unpaired) electrons. The third-order valence-corrected chi connectivity index (χ3v) is 6.86. The lowest BCUT2D eigenvalue weighted by molar-refractivity contribution is 0.0578. The van der Waals surface area contributed by atoms with E-state index in [1.54, 1.807) is 6.92 Å². The van der Waals surface area contributed by atoms with Crippen LogP contribution in [0.5, 0.6) is 0 Å². The highest BCUT2D eigenvalue weighted by atomic mass is 16.4. The number of amides is 1. The van der Waals surface area contributed by atoms with Crippen molar-refractivity contribution in [3.63, 3.8) is 0 Å². The number of aromatic nitrogens is 3. The van der Waals surface area contributed by atoms with Gasteiger partial charge in [0, 0.05) is 49.6 Å². The van der Waals surface area contributed by atoms with Crippen molar-refractivity contribution in [3.8, 4) is 11.3 Å². The van der Waals surface area contributed by atoms with Gasteiger partial charge in [-0.25, -0.2) is 4.98 Å². The minimum absolute atomic E-state index is 0.0344. The molecule has 37 heavy (non-hydrogen) atoms. The molecular weight excluding hydrogens is 462 g/mol. The van der Waals surface area contributed by atoms with Gasteiger partial charge in [-0.05, 0) is 29.8 Å². The molecule has 5 aromatic rings. The molecule has 3 heterocycles. The van der Waals surface area contributed by atoms with Gasteiger partial charge in [0.15, 0.2) is 0 Å². The molecule has 7 heteroatoms. The summed E-state index contributed by atoms with van der Waals surface area (Å²) in [6.45, 7) is 4.45. The van der Waals surface area contributed by atoms with E-state index in [0.29, 0.717) is 43.5 Å². The van der Waals surface area contributed by atoms with Crippen LogP contribution in [0.1, 0.15) is 33.7 Å². The van der Waals surface area contributed by atoms with Crippen LogP contribution in [0.15, 0.2) is 95.4 Å². The summed E-state index contributed by atoms with van der Waals surface area (Å²) < 4.78 is 5.83. The van der Waals surface area contributed by atoms with Crippen LogP contribution in [0.2, 0.25) is 0 Å². The molecule has 7 nitrogen and oxygen atoms in total. The second-order valence-corrected chi connectivity index (χ2v) is 9.27. The third-order valence-electron chi connectivity index (χ3n) is 6.86. The lowest BCUT2D eigenvalue weighted by atomic mass is 10.0. The molecule has 1 amide bonds. The van der Waals surface area contributed by atoms with Crippen molar-refractivity contribution in [1.29, 1.82) is 0 Å². The quantitative estimate of drug-likeness (QED) is 0.340. The van der Waals surface area contributed by atoms with E-state index in [9.17, 15) is 4.79 Å². The summed E-state index contributed by atoms with van der Waals surface area (Å²) in [5, 5.41) is 9.46. The number of aryl methyl sites for hydroxylation is 1. The van der Waals surface area contributed by atoms with Crippen molar-refractivity contribution in [1.82, 2.24) is 25.0 Å². The van der Waals surface area contributed by atoms with Crippen LogP contribution in [0.25, 0.3) is 22.2 Å². The predicted octanol–water partition coefficient (Wildman–Crippen LogP) is 5.14. The second-order valence-electron chi connectivity index (χ2n) is 9.27. The van der Waals surface area contributed by atoms with Crippen LogP contribution < -0.4 is 0 Å². The zero-order valence-electron chi connectivity index (χ0n) is 20.6. The number of nitrogens with zero attached hydrogens (tertiary/aromatic N) is 5. The fraction of sp³-hybridized carbons (Fsp3) is 0.200. The number of para-hydroxylation sites is 1. The lowest BCUT2D eigenvalue weighted by Gasteiger charge is -2.38. The van der Waals surface area contributed by atoms with Crippen molar-refractivity contribution in [3.05, 3.63) is 114 Å². The van der Waals surface area contributed by atoms with Crippen molar-refractivity contribution < 1.29 is 9.21 Å². The van der Waals surface area contributed by atoms with Gasteiger partial charge in [0.1, 0.15) is 6.04 Å². The minimum atomic E-state index is -0.137. The maximum Gasteiger partial charge on any atom is 0.253 e. The molecule has 1 atom stereocenters. The first-order chi connectivity index (χ1) is 18.2. The van der Waals surface area contributed by atoms with E-state index in [1.807, 2.05) is 77.7 Å². The van der Waals surface area contributed by atoms with Gasteiger partial charge in [-0.3, -0.25) is 9.69 Å². The van der Waals surface area contributed by atoms with Gasteiger partial charge in [0.2, 0.25) is 11.8 Å². The number of fused-ring (bicyclic) bond motifs is 1. The highest BCUT2D eigenvalue weighted by Gasteiger charge is 2.31. The van der Waals surface area contributed by atoms with Crippen LogP contribution >= 0.6 is 0 Å². The summed E-state index contributed by atoms with van der Waals surface area (Å²) in [4.78, 5) is 22.5. The van der Waals surface area contributed by atoms with Crippen LogP contribution in [-0.4, -0.2) is 57.1 Å². The number of hydrogen-bond acceptors (Lipinski definition) is 6. The Kier molecular flexibility index (Phi) is 6.20. The van der Waals surface area contributed by atoms with E-state index in [0.717, 1.165) is 27.7 Å². The van der Waals surface area contributed by atoms with Crippen LogP contribution in [0.4, 0.5) is 0 Å². The van der Waals surface area contributed by atoms with E-state index < -0.39 is 0 Å². The summed E-state index contributed by atoms with van der Waals surface area (Å²) in [6, 6.07) is 29.9. The Hall–Kier alpha value is -4.36. The standard InChI is InChI=1S/C30H27N5O2/c1-21-32-33-29(37-21)28(23-9-3-2-4-10-23)34-16-18-35(19-17-34)30(36)25-12-7-11-24(20-25)27-15-14-22-8-5-6-13-26(22)31-27/h2-15,20,28H,16-19H2,1H3/t28-/m1/s1. The van der Waals surface area contributed by atoms with Gasteiger partial charge in [0.25, 0.3) is 5.91 Å². The average Bonchev–Trinajstić information content (AvgIpc) is 3.39. The minimum Gasteiger partial charge on any atom is -0.423 e. The highest BCUT2D eigenvalue weighted by Crippen LogP contribution is 2.29. The molecular formula is C30H27N5O2. The molecule has 0 unspecified atom stereocenters. The molecule has 1 fully saturated rings. The molecule has 0 bridgehead atoms. The predicted molar refractivity (Wildman–Crippen MR) is 142 cm³/mol. The zero-order valence-corrected chi connectivity index (χ0v) is 20.6. The summed E-state index contributed by atoms with van der Waals surface area (Å²) in [5.74, 6) is 1.16. The van der Waals surface area contributed by atoms with Gasteiger partial charge in [0.05, 0.1) is 11.2 Å². The molecule has 0 spiro atoms. The van der Waals surface area contributed by atoms with E-state index >= 15 is 0 Å². The van der Waals surface area contributed by atoms with E-state index in [4.69, 9.17) is 9.40 Å². The average molecular weight is 490 g/mol. The van der Waals surface area contributed by atoms with Crippen molar-refractivity contribution in [2.24, 2.45) is 0 Å². The van der Waals surface area contributed by atoms with Gasteiger partial charge < -0.3 is 9.32 Å². The number of pyridine rings is 1. The molecule has 1 aliphatic heterocycles. The van der Waals surface area contributed by atoms with Crippen LogP contribution in [0, 0.1) is 6.92 Å². The van der Waals surface area contributed by atoms with E-state index in [-0.39, 0.29) is 11.9 Å². The molecule has 1 saturated heterocycles. The maximum absolute atomic E-state index is 13.5. The highest BCUT2D eigenvalue weighted by molar-refractivity contribution is 5.95. The first-order valence-electron chi connectivity index (χ1n) is 12.5. The van der Waals surface area contributed by atoms with Gasteiger partial charge in [-0.1, -0.05) is 66.7 Å². The molecule has 6 rings (SSSR count). The number of hydrogen-bond donors (Lipinski definition) is 0. The molecule has 0 N–H and O–H groups in total. The Labute approximate surface area is 215 Å². The molecule has 184 valence electrons. The van der Waals surface area contributed by atoms with Crippen LogP contribution in [0.3, 0.4) is 0 Å². The van der Waals surface area contributed by atoms with Crippen LogP contribution in [-0.2, 0) is 0 Å². The first-order valence-corrected chi connectivity index (χ1v) is 12.5. The Bertz CT molecular complexity index is 1540. The molecule has 1 aliphatic rings. The zero-order chi connectivity index (χ0) is 25.2. The Balaban J connectivity index is 1.19. The summed E-state index contributed by atoms with van der Waals surface area (Å²) in [7, 11) is 0.